The monoisotopic (exact) mass is 314 g/mol. The number of carbonyl (C=O) groups is 1. The fraction of sp³-hybridized carbons (Fsp3) is 0.417. The van der Waals surface area contributed by atoms with Crippen LogP contribution in [0.3, 0.4) is 0 Å². The van der Waals surface area contributed by atoms with E-state index in [4.69, 9.17) is 5.11 Å². The quantitative estimate of drug-likeness (QED) is 0.830. The van der Waals surface area contributed by atoms with Gasteiger partial charge in [-0.15, -0.1) is 22.7 Å². The number of carboxylic acid groups (broad SMARTS) is 1. The minimum Gasteiger partial charge on any atom is -0.481 e. The van der Waals surface area contributed by atoms with Crippen molar-refractivity contribution >= 4 is 40.4 Å². The Morgan fingerprint density at radius 2 is 2.16 bits per heavy atom. The van der Waals surface area contributed by atoms with Crippen LogP contribution in [0.4, 0.5) is 0 Å². The highest BCUT2D eigenvalue weighted by Crippen LogP contribution is 2.28. The molecular weight excluding hydrogens is 300 g/mol. The van der Waals surface area contributed by atoms with Crippen LogP contribution in [-0.2, 0) is 17.6 Å². The molecule has 0 fully saturated rings. The number of aliphatic carboxylic acids is 1. The second-order valence-corrected chi connectivity index (χ2v) is 7.38. The van der Waals surface area contributed by atoms with E-state index in [-0.39, 0.29) is 6.42 Å². The highest BCUT2D eigenvalue weighted by atomic mass is 32.2. The highest BCUT2D eigenvalue weighted by molar-refractivity contribution is 8.01. The van der Waals surface area contributed by atoms with Crippen molar-refractivity contribution < 1.29 is 9.90 Å². The SMILES string of the molecule is Cc1ncsc1CCSc1nc(C)c(CC(=O)O)s1. The number of hydrogen-bond donors (Lipinski definition) is 1. The molecule has 0 radical (unpaired) electrons. The standard InChI is InChI=1S/C12H14N2O2S3/c1-7-9(18-6-13-7)3-4-17-12-14-8(2)10(19-12)5-11(15)16/h6H,3-5H2,1-2H3,(H,15,16). The van der Waals surface area contributed by atoms with Crippen molar-refractivity contribution in [1.82, 2.24) is 9.97 Å². The maximum Gasteiger partial charge on any atom is 0.308 e. The van der Waals surface area contributed by atoms with Gasteiger partial charge >= 0.3 is 5.97 Å². The lowest BCUT2D eigenvalue weighted by molar-refractivity contribution is -0.136. The van der Waals surface area contributed by atoms with Crippen LogP contribution in [0.15, 0.2) is 9.85 Å². The van der Waals surface area contributed by atoms with Crippen LogP contribution >= 0.6 is 34.4 Å². The van der Waals surface area contributed by atoms with Crippen LogP contribution in [0, 0.1) is 13.8 Å². The van der Waals surface area contributed by atoms with Crippen molar-refractivity contribution in [1.29, 1.82) is 0 Å². The number of rotatable bonds is 6. The van der Waals surface area contributed by atoms with E-state index in [0.717, 1.165) is 32.8 Å². The first-order valence-corrected chi connectivity index (χ1v) is 8.44. The Morgan fingerprint density at radius 3 is 2.79 bits per heavy atom. The van der Waals surface area contributed by atoms with Gasteiger partial charge in [-0.05, 0) is 20.3 Å². The summed E-state index contributed by atoms with van der Waals surface area (Å²) >= 11 is 4.85. The number of nitrogens with zero attached hydrogens (tertiary/aromatic N) is 2. The van der Waals surface area contributed by atoms with Crippen molar-refractivity contribution in [3.63, 3.8) is 0 Å². The summed E-state index contributed by atoms with van der Waals surface area (Å²) in [4.78, 5) is 21.5. The summed E-state index contributed by atoms with van der Waals surface area (Å²) in [7, 11) is 0. The van der Waals surface area contributed by atoms with E-state index in [9.17, 15) is 4.79 Å². The average molecular weight is 314 g/mol. The third-order valence-corrected chi connectivity index (χ3v) is 5.88. The van der Waals surface area contributed by atoms with Gasteiger partial charge in [-0.2, -0.15) is 0 Å². The largest absolute Gasteiger partial charge is 0.481 e. The zero-order valence-electron chi connectivity index (χ0n) is 10.7. The minimum absolute atomic E-state index is 0.0675. The predicted octanol–water partition coefficient (Wildman–Crippen LogP) is 3.18. The lowest BCUT2D eigenvalue weighted by Gasteiger charge is -1.96. The Morgan fingerprint density at radius 1 is 1.37 bits per heavy atom. The molecule has 0 atom stereocenters. The van der Waals surface area contributed by atoms with Crippen LogP contribution in [0.1, 0.15) is 21.1 Å². The molecule has 2 aromatic heterocycles. The number of aromatic nitrogens is 2. The van der Waals surface area contributed by atoms with E-state index in [1.54, 1.807) is 23.1 Å². The molecule has 1 N–H and O–H groups in total. The van der Waals surface area contributed by atoms with Gasteiger partial charge in [-0.3, -0.25) is 4.79 Å². The first-order chi connectivity index (χ1) is 9.06. The number of hydrogen-bond acceptors (Lipinski definition) is 6. The van der Waals surface area contributed by atoms with Gasteiger partial charge in [-0.1, -0.05) is 11.8 Å². The van der Waals surface area contributed by atoms with Crippen molar-refractivity contribution in [2.45, 2.75) is 31.0 Å². The lowest BCUT2D eigenvalue weighted by atomic mass is 10.3. The molecule has 4 nitrogen and oxygen atoms in total. The summed E-state index contributed by atoms with van der Waals surface area (Å²) in [6, 6.07) is 0. The highest BCUT2D eigenvalue weighted by Gasteiger charge is 2.11. The summed E-state index contributed by atoms with van der Waals surface area (Å²) in [5, 5.41) is 8.80. The Hall–Kier alpha value is -0.920. The zero-order chi connectivity index (χ0) is 13.8. The third-order valence-electron chi connectivity index (χ3n) is 2.58. The van der Waals surface area contributed by atoms with Crippen molar-refractivity contribution in [3.05, 3.63) is 26.7 Å². The molecular formula is C12H14N2O2S3. The van der Waals surface area contributed by atoms with Crippen LogP contribution in [0.25, 0.3) is 0 Å². The summed E-state index contributed by atoms with van der Waals surface area (Å²) in [6.45, 7) is 3.89. The van der Waals surface area contributed by atoms with Crippen LogP contribution in [0.5, 0.6) is 0 Å². The van der Waals surface area contributed by atoms with Crippen LogP contribution < -0.4 is 0 Å². The normalized spacial score (nSPS) is 10.8. The number of thioether (sulfide) groups is 1. The topological polar surface area (TPSA) is 63.1 Å². The first-order valence-electron chi connectivity index (χ1n) is 5.76. The van der Waals surface area contributed by atoms with E-state index in [2.05, 4.69) is 9.97 Å². The molecule has 0 amide bonds. The predicted molar refractivity (Wildman–Crippen MR) is 79.5 cm³/mol. The van der Waals surface area contributed by atoms with E-state index in [1.807, 2.05) is 19.4 Å². The number of thiazole rings is 2. The van der Waals surface area contributed by atoms with E-state index in [1.165, 1.54) is 16.2 Å². The van der Waals surface area contributed by atoms with Gasteiger partial charge in [0.2, 0.25) is 0 Å². The van der Waals surface area contributed by atoms with Gasteiger partial charge in [0.05, 0.1) is 23.3 Å². The van der Waals surface area contributed by atoms with Crippen molar-refractivity contribution in [2.75, 3.05) is 5.75 Å². The summed E-state index contributed by atoms with van der Waals surface area (Å²) in [6.07, 6.45) is 1.05. The summed E-state index contributed by atoms with van der Waals surface area (Å²) in [5.41, 5.74) is 3.81. The second-order valence-electron chi connectivity index (χ2n) is 4.02. The van der Waals surface area contributed by atoms with Gasteiger partial charge < -0.3 is 5.11 Å². The average Bonchev–Trinajstić information content (AvgIpc) is 2.87. The molecule has 0 aliphatic rings. The molecule has 2 aromatic rings. The molecule has 0 aliphatic heterocycles. The first kappa shape index (κ1) is 14.5. The van der Waals surface area contributed by atoms with Gasteiger partial charge in [0.1, 0.15) is 4.34 Å². The minimum atomic E-state index is -0.802. The maximum atomic E-state index is 10.7. The Kier molecular flexibility index (Phi) is 4.95. The van der Waals surface area contributed by atoms with Crippen molar-refractivity contribution in [2.24, 2.45) is 0 Å². The number of aryl methyl sites for hydroxylation is 3. The molecule has 2 heterocycles. The van der Waals surface area contributed by atoms with Crippen LogP contribution in [-0.4, -0.2) is 26.8 Å². The van der Waals surface area contributed by atoms with Gasteiger partial charge in [0.25, 0.3) is 0 Å². The Bertz CT molecular complexity index is 577. The van der Waals surface area contributed by atoms with E-state index >= 15 is 0 Å². The Labute approximate surface area is 123 Å². The smallest absolute Gasteiger partial charge is 0.308 e. The molecule has 0 aromatic carbocycles. The third kappa shape index (κ3) is 4.02. The van der Waals surface area contributed by atoms with Gasteiger partial charge in [-0.25, -0.2) is 9.97 Å². The van der Waals surface area contributed by atoms with Gasteiger partial charge in [0, 0.05) is 15.5 Å². The zero-order valence-corrected chi connectivity index (χ0v) is 13.1. The maximum absolute atomic E-state index is 10.7. The molecule has 0 saturated heterocycles. The molecule has 102 valence electrons. The Balaban J connectivity index is 1.89. The molecule has 0 unspecified atom stereocenters. The van der Waals surface area contributed by atoms with Gasteiger partial charge in [0.15, 0.2) is 0 Å². The molecule has 0 spiro atoms. The fourth-order valence-electron chi connectivity index (χ4n) is 1.56. The van der Waals surface area contributed by atoms with E-state index in [0.29, 0.717) is 0 Å². The molecule has 19 heavy (non-hydrogen) atoms. The summed E-state index contributed by atoms with van der Waals surface area (Å²) < 4.78 is 0.955. The molecule has 0 saturated carbocycles. The summed E-state index contributed by atoms with van der Waals surface area (Å²) in [5.74, 6) is 0.145. The molecule has 7 heteroatoms. The lowest BCUT2D eigenvalue weighted by Crippen LogP contribution is -1.99. The van der Waals surface area contributed by atoms with E-state index < -0.39 is 5.97 Å². The second kappa shape index (κ2) is 6.49. The fourth-order valence-corrected chi connectivity index (χ4v) is 4.72. The molecule has 2 rings (SSSR count). The molecule has 0 bridgehead atoms. The van der Waals surface area contributed by atoms with Crippen molar-refractivity contribution in [3.8, 4) is 0 Å². The van der Waals surface area contributed by atoms with Crippen LogP contribution in [0.2, 0.25) is 0 Å². The molecule has 0 aliphatic carbocycles. The number of carboxylic acids is 1.